The molecular formula is C14H13BN-. The van der Waals surface area contributed by atoms with Crippen molar-refractivity contribution in [3.8, 4) is 0 Å². The van der Waals surface area contributed by atoms with E-state index in [-0.39, 0.29) is 0 Å². The Labute approximate surface area is 96.9 Å². The third-order valence-electron chi connectivity index (χ3n) is 2.52. The van der Waals surface area contributed by atoms with Gasteiger partial charge in [-0.1, -0.05) is 48.0 Å². The van der Waals surface area contributed by atoms with Crippen LogP contribution in [0.4, 0.5) is 0 Å². The first-order chi connectivity index (χ1) is 7.88. The minimum atomic E-state index is 0.933. The van der Waals surface area contributed by atoms with E-state index in [0.717, 1.165) is 11.9 Å². The molecule has 16 heavy (non-hydrogen) atoms. The second kappa shape index (κ2) is 5.31. The van der Waals surface area contributed by atoms with E-state index >= 15 is 0 Å². The number of rotatable bonds is 4. The zero-order valence-corrected chi connectivity index (χ0v) is 9.06. The predicted molar refractivity (Wildman–Crippen MR) is 69.9 cm³/mol. The van der Waals surface area contributed by atoms with Crippen molar-refractivity contribution < 1.29 is 0 Å². The van der Waals surface area contributed by atoms with E-state index in [1.165, 1.54) is 17.2 Å². The minimum absolute atomic E-state index is 0.933. The highest BCUT2D eigenvalue weighted by molar-refractivity contribution is 6.52. The van der Waals surface area contributed by atoms with Crippen LogP contribution in [0, 0.1) is 5.41 Å². The SMILES string of the molecule is N=Cc1ccc(C[B-]c2ccccc2)cc1. The van der Waals surface area contributed by atoms with Gasteiger partial charge >= 0.3 is 0 Å². The summed E-state index contributed by atoms with van der Waals surface area (Å²) in [5.74, 6) is 0. The number of nitrogens with one attached hydrogen (secondary N) is 1. The van der Waals surface area contributed by atoms with Crippen LogP contribution in [0.15, 0.2) is 54.6 Å². The summed E-state index contributed by atoms with van der Waals surface area (Å²) in [4.78, 5) is 0. The molecule has 0 amide bonds. The molecule has 0 saturated heterocycles. The largest absolute Gasteiger partial charge is 0.308 e. The summed E-state index contributed by atoms with van der Waals surface area (Å²) in [6.45, 7) is 0. The second-order valence-electron chi connectivity index (χ2n) is 3.70. The summed E-state index contributed by atoms with van der Waals surface area (Å²) in [5.41, 5.74) is 3.47. The molecule has 0 saturated carbocycles. The van der Waals surface area contributed by atoms with Gasteiger partial charge in [-0.15, -0.1) is 12.1 Å². The zero-order chi connectivity index (χ0) is 11.2. The van der Waals surface area contributed by atoms with Crippen molar-refractivity contribution in [3.05, 3.63) is 65.7 Å². The van der Waals surface area contributed by atoms with Crippen LogP contribution in [0.1, 0.15) is 11.1 Å². The van der Waals surface area contributed by atoms with Crippen LogP contribution < -0.4 is 5.46 Å². The number of hydrogen-bond acceptors (Lipinski definition) is 1. The summed E-state index contributed by atoms with van der Waals surface area (Å²) < 4.78 is 0. The highest BCUT2D eigenvalue weighted by Crippen LogP contribution is 2.02. The van der Waals surface area contributed by atoms with Gasteiger partial charge in [0.2, 0.25) is 0 Å². The first-order valence-corrected chi connectivity index (χ1v) is 5.36. The van der Waals surface area contributed by atoms with E-state index in [1.54, 1.807) is 0 Å². The standard InChI is InChI=1S/C14H13BN/c16-11-13-8-6-12(7-9-13)10-15-14-4-2-1-3-5-14/h1-9,11,16H,10H2/q-1. The third kappa shape index (κ3) is 2.83. The normalized spacial score (nSPS) is 10.0. The Morgan fingerprint density at radius 3 is 2.25 bits per heavy atom. The quantitative estimate of drug-likeness (QED) is 0.585. The maximum absolute atomic E-state index is 7.12. The summed E-state index contributed by atoms with van der Waals surface area (Å²) in [7, 11) is 2.21. The van der Waals surface area contributed by atoms with Gasteiger partial charge in [-0.3, -0.25) is 12.7 Å². The Morgan fingerprint density at radius 1 is 0.938 bits per heavy atom. The van der Waals surface area contributed by atoms with Crippen LogP contribution in [0.25, 0.3) is 0 Å². The van der Waals surface area contributed by atoms with Gasteiger partial charge in [0.1, 0.15) is 0 Å². The highest BCUT2D eigenvalue weighted by atomic mass is 14.3. The average molecular weight is 206 g/mol. The van der Waals surface area contributed by atoms with Crippen molar-refractivity contribution in [2.24, 2.45) is 0 Å². The molecule has 0 aliphatic heterocycles. The molecule has 2 aromatic carbocycles. The van der Waals surface area contributed by atoms with E-state index in [0.29, 0.717) is 0 Å². The molecule has 0 atom stereocenters. The predicted octanol–water partition coefficient (Wildman–Crippen LogP) is 2.21. The topological polar surface area (TPSA) is 23.9 Å². The molecule has 0 aliphatic carbocycles. The van der Waals surface area contributed by atoms with Crippen molar-refractivity contribution >= 4 is 19.0 Å². The molecule has 2 aromatic rings. The monoisotopic (exact) mass is 206 g/mol. The van der Waals surface area contributed by atoms with Gasteiger partial charge in [0, 0.05) is 6.21 Å². The number of hydrogen-bond donors (Lipinski definition) is 1. The molecule has 0 heterocycles. The third-order valence-corrected chi connectivity index (χ3v) is 2.52. The van der Waals surface area contributed by atoms with Crippen molar-refractivity contribution in [3.63, 3.8) is 0 Å². The van der Waals surface area contributed by atoms with Crippen LogP contribution in [0.5, 0.6) is 0 Å². The van der Waals surface area contributed by atoms with Crippen LogP contribution in [0.2, 0.25) is 0 Å². The number of benzene rings is 2. The molecule has 0 spiro atoms. The van der Waals surface area contributed by atoms with E-state index in [4.69, 9.17) is 5.41 Å². The Hall–Kier alpha value is -1.83. The lowest BCUT2D eigenvalue weighted by Crippen LogP contribution is -2.15. The fourth-order valence-electron chi connectivity index (χ4n) is 1.57. The maximum atomic E-state index is 7.12. The van der Waals surface area contributed by atoms with Crippen LogP contribution in [-0.4, -0.2) is 13.5 Å². The zero-order valence-electron chi connectivity index (χ0n) is 9.06. The van der Waals surface area contributed by atoms with Gasteiger partial charge < -0.3 is 5.41 Å². The van der Waals surface area contributed by atoms with E-state index in [1.807, 2.05) is 30.3 Å². The van der Waals surface area contributed by atoms with Crippen molar-refractivity contribution in [1.82, 2.24) is 0 Å². The van der Waals surface area contributed by atoms with Gasteiger partial charge in [0.25, 0.3) is 0 Å². The van der Waals surface area contributed by atoms with Gasteiger partial charge in [-0.2, -0.15) is 0 Å². The van der Waals surface area contributed by atoms with E-state index in [2.05, 4.69) is 31.5 Å². The average Bonchev–Trinajstić information content (AvgIpc) is 2.38. The Balaban J connectivity index is 1.97. The van der Waals surface area contributed by atoms with Crippen molar-refractivity contribution in [2.45, 2.75) is 6.32 Å². The van der Waals surface area contributed by atoms with Crippen molar-refractivity contribution in [2.75, 3.05) is 0 Å². The van der Waals surface area contributed by atoms with Crippen LogP contribution in [0.3, 0.4) is 0 Å². The molecule has 0 unspecified atom stereocenters. The summed E-state index contributed by atoms with van der Waals surface area (Å²) in [6.07, 6.45) is 2.30. The van der Waals surface area contributed by atoms with Gasteiger partial charge in [0.05, 0.1) is 0 Å². The molecule has 78 valence electrons. The summed E-state index contributed by atoms with van der Waals surface area (Å²) in [6, 6.07) is 18.4. The lowest BCUT2D eigenvalue weighted by atomic mass is 9.65. The summed E-state index contributed by atoms with van der Waals surface area (Å²) in [5, 5.41) is 7.12. The molecule has 2 radical (unpaired) electrons. The molecular weight excluding hydrogens is 193 g/mol. The van der Waals surface area contributed by atoms with Gasteiger partial charge in [-0.25, -0.2) is 6.32 Å². The summed E-state index contributed by atoms with van der Waals surface area (Å²) >= 11 is 0. The fraction of sp³-hybridized carbons (Fsp3) is 0.0714. The van der Waals surface area contributed by atoms with Gasteiger partial charge in [0.15, 0.2) is 0 Å². The second-order valence-corrected chi connectivity index (χ2v) is 3.70. The molecule has 0 aromatic heterocycles. The molecule has 0 fully saturated rings. The maximum Gasteiger partial charge on any atom is 0.0250 e. The molecule has 2 heteroatoms. The molecule has 1 nitrogen and oxygen atoms in total. The highest BCUT2D eigenvalue weighted by Gasteiger charge is 1.87. The Bertz CT molecular complexity index is 448. The molecule has 0 aliphatic rings. The molecule has 0 bridgehead atoms. The van der Waals surface area contributed by atoms with E-state index in [9.17, 15) is 0 Å². The van der Waals surface area contributed by atoms with Crippen LogP contribution >= 0.6 is 0 Å². The molecule has 2 rings (SSSR count). The van der Waals surface area contributed by atoms with Crippen LogP contribution in [-0.2, 0) is 6.32 Å². The lowest BCUT2D eigenvalue weighted by Gasteiger charge is -2.15. The Kier molecular flexibility index (Phi) is 3.55. The minimum Gasteiger partial charge on any atom is -0.308 e. The van der Waals surface area contributed by atoms with Crippen molar-refractivity contribution in [1.29, 1.82) is 5.41 Å². The first kappa shape index (κ1) is 10.7. The fourth-order valence-corrected chi connectivity index (χ4v) is 1.57. The first-order valence-electron chi connectivity index (χ1n) is 5.36. The van der Waals surface area contributed by atoms with Gasteiger partial charge in [-0.05, 0) is 5.56 Å². The Morgan fingerprint density at radius 2 is 1.62 bits per heavy atom. The molecule has 1 N–H and O–H groups in total. The lowest BCUT2D eigenvalue weighted by molar-refractivity contribution is 1.38. The van der Waals surface area contributed by atoms with E-state index < -0.39 is 0 Å². The smallest absolute Gasteiger partial charge is 0.0250 e.